The van der Waals surface area contributed by atoms with Gasteiger partial charge >= 0.3 is 0 Å². The average molecular weight is 385 g/mol. The quantitative estimate of drug-likeness (QED) is 0.727. The van der Waals surface area contributed by atoms with Crippen molar-refractivity contribution in [1.82, 2.24) is 15.5 Å². The SMILES string of the molecule is O=C(NCc1cccs1)C1CCN(c2ccc(-c3cccs3)nn2)CC1. The third-order valence-electron chi connectivity index (χ3n) is 4.63. The number of piperidine rings is 1. The first-order valence-corrected chi connectivity index (χ1v) is 10.5. The van der Waals surface area contributed by atoms with Crippen LogP contribution in [0.5, 0.6) is 0 Å². The van der Waals surface area contributed by atoms with Crippen LogP contribution in [0.1, 0.15) is 17.7 Å². The minimum absolute atomic E-state index is 0.0876. The van der Waals surface area contributed by atoms with Gasteiger partial charge in [-0.05, 0) is 47.9 Å². The summed E-state index contributed by atoms with van der Waals surface area (Å²) in [5.41, 5.74) is 0.909. The molecule has 0 saturated carbocycles. The van der Waals surface area contributed by atoms with E-state index in [1.54, 1.807) is 22.7 Å². The monoisotopic (exact) mass is 384 g/mol. The van der Waals surface area contributed by atoms with E-state index < -0.39 is 0 Å². The largest absolute Gasteiger partial charge is 0.355 e. The fraction of sp³-hybridized carbons (Fsp3) is 0.316. The highest BCUT2D eigenvalue weighted by atomic mass is 32.1. The van der Waals surface area contributed by atoms with Gasteiger partial charge in [-0.25, -0.2) is 0 Å². The molecule has 0 aromatic carbocycles. The van der Waals surface area contributed by atoms with Crippen LogP contribution in [-0.4, -0.2) is 29.2 Å². The van der Waals surface area contributed by atoms with Gasteiger partial charge in [0.15, 0.2) is 5.82 Å². The molecule has 0 bridgehead atoms. The fourth-order valence-electron chi connectivity index (χ4n) is 3.15. The summed E-state index contributed by atoms with van der Waals surface area (Å²) in [6.45, 7) is 2.31. The van der Waals surface area contributed by atoms with Gasteiger partial charge in [0, 0.05) is 23.9 Å². The lowest BCUT2D eigenvalue weighted by molar-refractivity contribution is -0.125. The molecule has 7 heteroatoms. The van der Waals surface area contributed by atoms with Gasteiger partial charge in [-0.15, -0.1) is 32.9 Å². The van der Waals surface area contributed by atoms with E-state index in [4.69, 9.17) is 0 Å². The minimum atomic E-state index is 0.0876. The Hall–Kier alpha value is -2.25. The van der Waals surface area contributed by atoms with Crippen LogP contribution in [0.2, 0.25) is 0 Å². The summed E-state index contributed by atoms with van der Waals surface area (Å²) < 4.78 is 0. The molecule has 4 rings (SSSR count). The van der Waals surface area contributed by atoms with Gasteiger partial charge in [0.25, 0.3) is 0 Å². The predicted molar refractivity (Wildman–Crippen MR) is 106 cm³/mol. The van der Waals surface area contributed by atoms with Crippen molar-refractivity contribution in [2.45, 2.75) is 19.4 Å². The van der Waals surface area contributed by atoms with Gasteiger partial charge in [0.2, 0.25) is 5.91 Å². The summed E-state index contributed by atoms with van der Waals surface area (Å²) in [5, 5.41) is 15.9. The number of nitrogens with zero attached hydrogens (tertiary/aromatic N) is 3. The molecular formula is C19H20N4OS2. The topological polar surface area (TPSA) is 58.1 Å². The molecule has 1 amide bonds. The molecule has 5 nitrogen and oxygen atoms in total. The highest BCUT2D eigenvalue weighted by Crippen LogP contribution is 2.25. The van der Waals surface area contributed by atoms with E-state index in [2.05, 4.69) is 26.5 Å². The second-order valence-electron chi connectivity index (χ2n) is 6.31. The second kappa shape index (κ2) is 7.97. The van der Waals surface area contributed by atoms with E-state index in [1.165, 1.54) is 4.88 Å². The molecule has 3 aromatic heterocycles. The van der Waals surface area contributed by atoms with Crippen LogP contribution >= 0.6 is 22.7 Å². The molecule has 1 N–H and O–H groups in total. The van der Waals surface area contributed by atoms with E-state index in [0.717, 1.165) is 42.3 Å². The Morgan fingerprint density at radius 1 is 1.08 bits per heavy atom. The normalized spacial score (nSPS) is 15.2. The van der Waals surface area contributed by atoms with Crippen LogP contribution in [0.15, 0.2) is 47.2 Å². The lowest BCUT2D eigenvalue weighted by Crippen LogP contribution is -2.40. The number of carbonyl (C=O) groups excluding carboxylic acids is 1. The van der Waals surface area contributed by atoms with Crippen molar-refractivity contribution in [3.05, 3.63) is 52.0 Å². The Kier molecular flexibility index (Phi) is 5.26. The van der Waals surface area contributed by atoms with Crippen molar-refractivity contribution >= 4 is 34.4 Å². The van der Waals surface area contributed by atoms with Crippen LogP contribution in [0.3, 0.4) is 0 Å². The number of rotatable bonds is 5. The molecule has 0 radical (unpaired) electrons. The number of anilines is 1. The Balaban J connectivity index is 1.29. The maximum atomic E-state index is 12.4. The Morgan fingerprint density at radius 3 is 2.54 bits per heavy atom. The molecule has 26 heavy (non-hydrogen) atoms. The zero-order chi connectivity index (χ0) is 17.8. The maximum Gasteiger partial charge on any atom is 0.223 e. The molecule has 1 saturated heterocycles. The van der Waals surface area contributed by atoms with Gasteiger partial charge < -0.3 is 10.2 Å². The maximum absolute atomic E-state index is 12.4. The third-order valence-corrected chi connectivity index (χ3v) is 6.40. The Morgan fingerprint density at radius 2 is 1.88 bits per heavy atom. The molecule has 3 aromatic rings. The van der Waals surface area contributed by atoms with E-state index in [0.29, 0.717) is 6.54 Å². The number of thiophene rings is 2. The van der Waals surface area contributed by atoms with Crippen molar-refractivity contribution in [2.24, 2.45) is 5.92 Å². The number of amides is 1. The number of aromatic nitrogens is 2. The van der Waals surface area contributed by atoms with E-state index in [-0.39, 0.29) is 11.8 Å². The van der Waals surface area contributed by atoms with E-state index >= 15 is 0 Å². The summed E-state index contributed by atoms with van der Waals surface area (Å²) in [7, 11) is 0. The van der Waals surface area contributed by atoms with Crippen molar-refractivity contribution < 1.29 is 4.79 Å². The summed E-state index contributed by atoms with van der Waals surface area (Å²) in [6, 6.07) is 12.2. The summed E-state index contributed by atoms with van der Waals surface area (Å²) in [5.74, 6) is 1.14. The molecule has 0 aliphatic carbocycles. The van der Waals surface area contributed by atoms with Gasteiger partial charge in [-0.1, -0.05) is 12.1 Å². The van der Waals surface area contributed by atoms with Crippen LogP contribution in [0.4, 0.5) is 5.82 Å². The van der Waals surface area contributed by atoms with Crippen molar-refractivity contribution in [2.75, 3.05) is 18.0 Å². The molecule has 4 heterocycles. The average Bonchev–Trinajstić information content (AvgIpc) is 3.40. The fourth-order valence-corrected chi connectivity index (χ4v) is 4.49. The zero-order valence-corrected chi connectivity index (χ0v) is 15.9. The molecule has 1 fully saturated rings. The summed E-state index contributed by atoms with van der Waals surface area (Å²) in [4.78, 5) is 16.9. The first kappa shape index (κ1) is 17.2. The lowest BCUT2D eigenvalue weighted by Gasteiger charge is -2.31. The second-order valence-corrected chi connectivity index (χ2v) is 8.29. The third kappa shape index (κ3) is 3.94. The Labute approximate surface area is 160 Å². The smallest absolute Gasteiger partial charge is 0.223 e. The number of nitrogens with one attached hydrogen (secondary N) is 1. The molecular weight excluding hydrogens is 364 g/mol. The van der Waals surface area contributed by atoms with Crippen molar-refractivity contribution in [3.63, 3.8) is 0 Å². The minimum Gasteiger partial charge on any atom is -0.355 e. The van der Waals surface area contributed by atoms with Crippen LogP contribution in [-0.2, 0) is 11.3 Å². The highest BCUT2D eigenvalue weighted by Gasteiger charge is 2.25. The van der Waals surface area contributed by atoms with Gasteiger partial charge in [0.05, 0.1) is 11.4 Å². The first-order valence-electron chi connectivity index (χ1n) is 8.72. The molecule has 0 unspecified atom stereocenters. The van der Waals surface area contributed by atoms with E-state index in [1.807, 2.05) is 41.1 Å². The van der Waals surface area contributed by atoms with Gasteiger partial charge in [-0.3, -0.25) is 4.79 Å². The standard InChI is InChI=1S/C19H20N4OS2/c24-19(20-13-15-3-1-11-25-15)14-7-9-23(10-8-14)18-6-5-16(21-22-18)17-4-2-12-26-17/h1-6,11-12,14H,7-10,13H2,(H,20,24). The molecule has 0 spiro atoms. The van der Waals surface area contributed by atoms with Gasteiger partial charge in [0.1, 0.15) is 5.69 Å². The molecule has 1 aliphatic heterocycles. The van der Waals surface area contributed by atoms with Crippen LogP contribution in [0, 0.1) is 5.92 Å². The zero-order valence-electron chi connectivity index (χ0n) is 14.3. The van der Waals surface area contributed by atoms with Crippen molar-refractivity contribution in [1.29, 1.82) is 0 Å². The highest BCUT2D eigenvalue weighted by molar-refractivity contribution is 7.13. The van der Waals surface area contributed by atoms with Gasteiger partial charge in [-0.2, -0.15) is 0 Å². The number of hydrogen-bond acceptors (Lipinski definition) is 6. The van der Waals surface area contributed by atoms with Crippen molar-refractivity contribution in [3.8, 4) is 10.6 Å². The summed E-state index contributed by atoms with van der Waals surface area (Å²) >= 11 is 3.34. The van der Waals surface area contributed by atoms with Crippen LogP contribution in [0.25, 0.3) is 10.6 Å². The molecule has 1 aliphatic rings. The predicted octanol–water partition coefficient (Wildman–Crippen LogP) is 3.80. The Bertz CT molecular complexity index is 823. The molecule has 134 valence electrons. The number of hydrogen-bond donors (Lipinski definition) is 1. The number of carbonyl (C=O) groups is 1. The summed E-state index contributed by atoms with van der Waals surface area (Å²) in [6.07, 6.45) is 1.70. The first-order chi connectivity index (χ1) is 12.8. The van der Waals surface area contributed by atoms with E-state index in [9.17, 15) is 4.79 Å². The van der Waals surface area contributed by atoms with Crippen LogP contribution < -0.4 is 10.2 Å². The molecule has 0 atom stereocenters. The lowest BCUT2D eigenvalue weighted by atomic mass is 9.96.